The summed E-state index contributed by atoms with van der Waals surface area (Å²) in [5, 5.41) is 3.36. The van der Waals surface area contributed by atoms with E-state index in [2.05, 4.69) is 10.3 Å². The maximum absolute atomic E-state index is 11.9. The van der Waals surface area contributed by atoms with Gasteiger partial charge in [0.2, 0.25) is 5.91 Å². The molecule has 20 heavy (non-hydrogen) atoms. The maximum Gasteiger partial charge on any atom is 0.239 e. The number of carbonyl (C=O) groups excluding carboxylic acids is 1. The van der Waals surface area contributed by atoms with Crippen molar-refractivity contribution in [1.29, 1.82) is 0 Å². The number of furan rings is 1. The van der Waals surface area contributed by atoms with Crippen LogP contribution in [0.2, 0.25) is 10.0 Å². The van der Waals surface area contributed by atoms with Crippen LogP contribution in [0.25, 0.3) is 0 Å². The largest absolute Gasteiger partial charge is 0.468 e. The molecule has 0 unspecified atom stereocenters. The number of nitrogens with zero attached hydrogens (tertiary/aromatic N) is 2. The number of pyridine rings is 1. The summed E-state index contributed by atoms with van der Waals surface area (Å²) < 4.78 is 5.21. The molecule has 2 aromatic rings. The van der Waals surface area contributed by atoms with E-state index < -0.39 is 0 Å². The molecule has 0 atom stereocenters. The first kappa shape index (κ1) is 14.8. The van der Waals surface area contributed by atoms with E-state index in [-0.39, 0.29) is 12.5 Å². The monoisotopic (exact) mass is 313 g/mol. The third-order valence-electron chi connectivity index (χ3n) is 2.49. The molecular weight excluding hydrogens is 301 g/mol. The molecule has 0 saturated carbocycles. The lowest BCUT2D eigenvalue weighted by atomic mass is 10.4. The topological polar surface area (TPSA) is 58.4 Å². The highest BCUT2D eigenvalue weighted by atomic mass is 35.5. The van der Waals surface area contributed by atoms with Crippen molar-refractivity contribution < 1.29 is 9.21 Å². The molecule has 1 N–H and O–H groups in total. The highest BCUT2D eigenvalue weighted by molar-refractivity contribution is 6.36. The van der Waals surface area contributed by atoms with Crippen molar-refractivity contribution in [3.63, 3.8) is 0 Å². The fraction of sp³-hybridized carbons (Fsp3) is 0.231. The first-order valence-corrected chi connectivity index (χ1v) is 6.62. The molecule has 1 amide bonds. The molecule has 106 valence electrons. The zero-order valence-electron chi connectivity index (χ0n) is 10.8. The van der Waals surface area contributed by atoms with Gasteiger partial charge in [0.25, 0.3) is 0 Å². The van der Waals surface area contributed by atoms with Crippen molar-refractivity contribution in [1.82, 2.24) is 9.88 Å². The lowest BCUT2D eigenvalue weighted by Gasteiger charge is -2.14. The predicted molar refractivity (Wildman–Crippen MR) is 77.9 cm³/mol. The Labute approximate surface area is 126 Å². The summed E-state index contributed by atoms with van der Waals surface area (Å²) in [5.41, 5.74) is 0. The Hall–Kier alpha value is -1.56. The fourth-order valence-electron chi connectivity index (χ4n) is 1.65. The zero-order chi connectivity index (χ0) is 14.5. The molecule has 2 heterocycles. The number of hydrogen-bond donors (Lipinski definition) is 1. The number of aromatic nitrogens is 1. The van der Waals surface area contributed by atoms with E-state index in [1.54, 1.807) is 12.3 Å². The van der Waals surface area contributed by atoms with E-state index >= 15 is 0 Å². The van der Waals surface area contributed by atoms with Crippen molar-refractivity contribution in [2.24, 2.45) is 0 Å². The molecule has 0 aromatic carbocycles. The minimum atomic E-state index is -0.212. The molecule has 2 rings (SSSR count). The first-order valence-electron chi connectivity index (χ1n) is 5.86. The first-order chi connectivity index (χ1) is 9.54. The average molecular weight is 314 g/mol. The second-order valence-corrected chi connectivity index (χ2v) is 5.13. The summed E-state index contributed by atoms with van der Waals surface area (Å²) >= 11 is 11.7. The van der Waals surface area contributed by atoms with Crippen LogP contribution in [0.3, 0.4) is 0 Å². The summed E-state index contributed by atoms with van der Waals surface area (Å²) in [6, 6.07) is 5.19. The third kappa shape index (κ3) is 4.23. The number of carbonyl (C=O) groups is 1. The molecule has 0 aliphatic carbocycles. The standard InChI is InChI=1S/C13H13Cl2N3O2/c1-18(7-10-3-2-4-20-10)8-12(19)17-13-11(15)5-9(14)6-16-13/h2-6H,7-8H2,1H3,(H,16,17,19). The van der Waals surface area contributed by atoms with Crippen molar-refractivity contribution in [3.8, 4) is 0 Å². The van der Waals surface area contributed by atoms with Crippen LogP contribution in [-0.4, -0.2) is 29.4 Å². The van der Waals surface area contributed by atoms with E-state index in [1.165, 1.54) is 12.3 Å². The number of rotatable bonds is 5. The quantitative estimate of drug-likeness (QED) is 0.921. The number of hydrogen-bond acceptors (Lipinski definition) is 4. The normalized spacial score (nSPS) is 10.8. The van der Waals surface area contributed by atoms with Gasteiger partial charge in [0.15, 0.2) is 5.82 Å². The van der Waals surface area contributed by atoms with Crippen LogP contribution in [0.15, 0.2) is 35.1 Å². The minimum absolute atomic E-state index is 0.196. The molecule has 0 aliphatic rings. The Bertz CT molecular complexity index is 587. The van der Waals surface area contributed by atoms with Gasteiger partial charge in [-0.05, 0) is 25.2 Å². The average Bonchev–Trinajstić information content (AvgIpc) is 2.85. The van der Waals surface area contributed by atoms with Crippen molar-refractivity contribution >= 4 is 34.9 Å². The van der Waals surface area contributed by atoms with Gasteiger partial charge in [-0.3, -0.25) is 9.69 Å². The predicted octanol–water partition coefficient (Wildman–Crippen LogP) is 3.05. The van der Waals surface area contributed by atoms with E-state index in [0.29, 0.717) is 22.4 Å². The second kappa shape index (κ2) is 6.74. The van der Waals surface area contributed by atoms with Gasteiger partial charge in [-0.25, -0.2) is 4.98 Å². The van der Waals surface area contributed by atoms with Gasteiger partial charge in [-0.2, -0.15) is 0 Å². The molecule has 0 fully saturated rings. The molecule has 7 heteroatoms. The molecule has 0 radical (unpaired) electrons. The summed E-state index contributed by atoms with van der Waals surface area (Å²) in [7, 11) is 1.82. The number of halogens is 2. The molecule has 0 aliphatic heterocycles. The highest BCUT2D eigenvalue weighted by Gasteiger charge is 2.11. The van der Waals surface area contributed by atoms with E-state index in [4.69, 9.17) is 27.6 Å². The van der Waals surface area contributed by atoms with Crippen LogP contribution >= 0.6 is 23.2 Å². The molecule has 0 bridgehead atoms. The maximum atomic E-state index is 11.9. The van der Waals surface area contributed by atoms with Gasteiger partial charge in [0.1, 0.15) is 5.76 Å². The fourth-order valence-corrected chi connectivity index (χ4v) is 2.08. The van der Waals surface area contributed by atoms with Crippen LogP contribution in [0.1, 0.15) is 5.76 Å². The van der Waals surface area contributed by atoms with E-state index in [1.807, 2.05) is 18.0 Å². The highest BCUT2D eigenvalue weighted by Crippen LogP contribution is 2.22. The van der Waals surface area contributed by atoms with Crippen LogP contribution in [0.4, 0.5) is 5.82 Å². The van der Waals surface area contributed by atoms with Crippen LogP contribution in [0, 0.1) is 0 Å². The summed E-state index contributed by atoms with van der Waals surface area (Å²) in [6.45, 7) is 0.740. The van der Waals surface area contributed by atoms with Gasteiger partial charge in [0.05, 0.1) is 29.4 Å². The van der Waals surface area contributed by atoms with Gasteiger partial charge in [0, 0.05) is 6.20 Å². The van der Waals surface area contributed by atoms with Gasteiger partial charge < -0.3 is 9.73 Å². The van der Waals surface area contributed by atoms with Crippen LogP contribution < -0.4 is 5.32 Å². The SMILES string of the molecule is CN(CC(=O)Nc1ncc(Cl)cc1Cl)Cc1ccco1. The van der Waals surface area contributed by atoms with Crippen molar-refractivity contribution in [2.45, 2.75) is 6.54 Å². The van der Waals surface area contributed by atoms with Crippen molar-refractivity contribution in [2.75, 3.05) is 18.9 Å². The number of likely N-dealkylation sites (N-methyl/N-ethyl adjacent to an activating group) is 1. The minimum Gasteiger partial charge on any atom is -0.468 e. The van der Waals surface area contributed by atoms with Gasteiger partial charge in [-0.15, -0.1) is 0 Å². The number of amides is 1. The Morgan fingerprint density at radius 3 is 2.95 bits per heavy atom. The molecule has 0 saturated heterocycles. The van der Waals surface area contributed by atoms with Crippen LogP contribution in [0.5, 0.6) is 0 Å². The van der Waals surface area contributed by atoms with Gasteiger partial charge in [-0.1, -0.05) is 23.2 Å². The lowest BCUT2D eigenvalue weighted by Crippen LogP contribution is -2.30. The molecular formula is C13H13Cl2N3O2. The van der Waals surface area contributed by atoms with Crippen molar-refractivity contribution in [3.05, 3.63) is 46.5 Å². The Morgan fingerprint density at radius 2 is 2.30 bits per heavy atom. The smallest absolute Gasteiger partial charge is 0.239 e. The Kier molecular flexibility index (Phi) is 5.00. The summed E-state index contributed by atoms with van der Waals surface area (Å²) in [4.78, 5) is 17.7. The number of nitrogens with one attached hydrogen (secondary N) is 1. The van der Waals surface area contributed by atoms with E-state index in [9.17, 15) is 4.79 Å². The Balaban J connectivity index is 1.88. The zero-order valence-corrected chi connectivity index (χ0v) is 12.3. The van der Waals surface area contributed by atoms with Crippen LogP contribution in [-0.2, 0) is 11.3 Å². The van der Waals surface area contributed by atoms with Gasteiger partial charge >= 0.3 is 0 Å². The Morgan fingerprint density at radius 1 is 1.50 bits per heavy atom. The molecule has 0 spiro atoms. The van der Waals surface area contributed by atoms with E-state index in [0.717, 1.165) is 5.76 Å². The lowest BCUT2D eigenvalue weighted by molar-refractivity contribution is -0.117. The summed E-state index contributed by atoms with van der Waals surface area (Å²) in [5.74, 6) is 0.881. The molecule has 2 aromatic heterocycles. The summed E-state index contributed by atoms with van der Waals surface area (Å²) in [6.07, 6.45) is 3.02. The number of anilines is 1. The molecule has 5 nitrogen and oxygen atoms in total. The second-order valence-electron chi connectivity index (χ2n) is 4.28. The third-order valence-corrected chi connectivity index (χ3v) is 2.98.